The zero-order valence-corrected chi connectivity index (χ0v) is 13.4. The lowest BCUT2D eigenvalue weighted by atomic mass is 9.93. The smallest absolute Gasteiger partial charge is 0.219 e. The zero-order valence-electron chi connectivity index (χ0n) is 11.8. The Morgan fingerprint density at radius 3 is 2.90 bits per heavy atom. The van der Waals surface area contributed by atoms with Gasteiger partial charge in [0.2, 0.25) is 5.91 Å². The van der Waals surface area contributed by atoms with Crippen molar-refractivity contribution in [3.05, 3.63) is 34.1 Å². The van der Waals surface area contributed by atoms with Gasteiger partial charge in [-0.1, -0.05) is 28.9 Å². The van der Waals surface area contributed by atoms with Gasteiger partial charge < -0.3 is 10.2 Å². The topological polar surface area (TPSA) is 32.3 Å². The molecule has 1 heterocycles. The normalized spacial score (nSPS) is 22.9. The van der Waals surface area contributed by atoms with Gasteiger partial charge in [-0.15, -0.1) is 0 Å². The number of rotatable bonds is 3. The summed E-state index contributed by atoms with van der Waals surface area (Å²) in [5, 5.41) is 3.41. The fraction of sp³-hybridized carbons (Fsp3) is 0.533. The second-order valence-corrected chi connectivity index (χ2v) is 6.37. The maximum atomic E-state index is 13.7. The summed E-state index contributed by atoms with van der Waals surface area (Å²) >= 11 is 3.26. The summed E-state index contributed by atoms with van der Waals surface area (Å²) in [6, 6.07) is 5.45. The molecule has 3 nitrogen and oxygen atoms in total. The molecule has 1 N–H and O–H groups in total. The minimum absolute atomic E-state index is 0.134. The van der Waals surface area contributed by atoms with Crippen molar-refractivity contribution in [2.75, 3.05) is 13.1 Å². The van der Waals surface area contributed by atoms with Crippen LogP contribution in [0.1, 0.15) is 25.8 Å². The third-order valence-corrected chi connectivity index (χ3v) is 4.41. The average molecular weight is 343 g/mol. The molecule has 2 atom stereocenters. The van der Waals surface area contributed by atoms with Crippen LogP contribution >= 0.6 is 15.9 Å². The highest BCUT2D eigenvalue weighted by Gasteiger charge is 2.26. The number of carbonyl (C=O) groups excluding carboxylic acids is 1. The highest BCUT2D eigenvalue weighted by molar-refractivity contribution is 9.10. The number of nitrogens with zero attached hydrogens (tertiary/aromatic N) is 1. The van der Waals surface area contributed by atoms with Crippen molar-refractivity contribution >= 4 is 21.8 Å². The molecule has 1 fully saturated rings. The predicted molar refractivity (Wildman–Crippen MR) is 80.8 cm³/mol. The Labute approximate surface area is 127 Å². The van der Waals surface area contributed by atoms with E-state index in [1.807, 2.05) is 11.0 Å². The van der Waals surface area contributed by atoms with Gasteiger partial charge in [0, 0.05) is 42.6 Å². The molecule has 1 saturated heterocycles. The monoisotopic (exact) mass is 342 g/mol. The summed E-state index contributed by atoms with van der Waals surface area (Å²) < 4.78 is 14.5. The first kappa shape index (κ1) is 15.4. The molecule has 5 heteroatoms. The molecule has 0 unspecified atom stereocenters. The molecule has 110 valence electrons. The average Bonchev–Trinajstić information content (AvgIpc) is 2.38. The fourth-order valence-electron chi connectivity index (χ4n) is 2.64. The van der Waals surface area contributed by atoms with Crippen LogP contribution in [0.2, 0.25) is 0 Å². The van der Waals surface area contributed by atoms with Crippen molar-refractivity contribution in [2.45, 2.75) is 32.9 Å². The van der Waals surface area contributed by atoms with Crippen LogP contribution in [0.4, 0.5) is 4.39 Å². The molecular weight excluding hydrogens is 323 g/mol. The largest absolute Gasteiger partial charge is 0.343 e. The quantitative estimate of drug-likeness (QED) is 0.915. The Morgan fingerprint density at radius 2 is 2.30 bits per heavy atom. The molecule has 1 aromatic rings. The lowest BCUT2D eigenvalue weighted by Crippen LogP contribution is -2.49. The van der Waals surface area contributed by atoms with Crippen LogP contribution in [0.5, 0.6) is 0 Å². The third kappa shape index (κ3) is 3.79. The molecule has 0 aliphatic carbocycles. The van der Waals surface area contributed by atoms with E-state index in [0.29, 0.717) is 24.1 Å². The molecule has 20 heavy (non-hydrogen) atoms. The maximum Gasteiger partial charge on any atom is 0.219 e. The van der Waals surface area contributed by atoms with Crippen LogP contribution in [0.25, 0.3) is 0 Å². The van der Waals surface area contributed by atoms with Gasteiger partial charge in [-0.25, -0.2) is 4.39 Å². The molecule has 1 aliphatic heterocycles. The zero-order chi connectivity index (χ0) is 14.7. The second kappa shape index (κ2) is 6.68. The Kier molecular flexibility index (Phi) is 5.16. The van der Waals surface area contributed by atoms with E-state index in [4.69, 9.17) is 0 Å². The van der Waals surface area contributed by atoms with E-state index in [2.05, 4.69) is 28.2 Å². The molecular formula is C15H20BrFN2O. The number of halogens is 2. The van der Waals surface area contributed by atoms with E-state index in [9.17, 15) is 9.18 Å². The first-order chi connectivity index (χ1) is 9.47. The predicted octanol–water partition coefficient (Wildman–Crippen LogP) is 2.93. The van der Waals surface area contributed by atoms with Gasteiger partial charge in [0.1, 0.15) is 5.82 Å². The number of carbonyl (C=O) groups is 1. The molecule has 2 rings (SSSR count). The van der Waals surface area contributed by atoms with E-state index in [1.165, 1.54) is 6.07 Å². The second-order valence-electron chi connectivity index (χ2n) is 5.45. The highest BCUT2D eigenvalue weighted by atomic mass is 79.9. The number of likely N-dealkylation sites (tertiary alicyclic amines) is 1. The van der Waals surface area contributed by atoms with E-state index < -0.39 is 0 Å². The van der Waals surface area contributed by atoms with Gasteiger partial charge >= 0.3 is 0 Å². The summed E-state index contributed by atoms with van der Waals surface area (Å²) in [6.07, 6.45) is 0.916. The van der Waals surface area contributed by atoms with E-state index in [0.717, 1.165) is 24.0 Å². The van der Waals surface area contributed by atoms with Gasteiger partial charge in [0.15, 0.2) is 0 Å². The maximum absolute atomic E-state index is 13.7. The summed E-state index contributed by atoms with van der Waals surface area (Å²) in [6.45, 7) is 5.81. The number of nitrogens with one attached hydrogen (secondary N) is 1. The summed E-state index contributed by atoms with van der Waals surface area (Å²) in [7, 11) is 0. The van der Waals surface area contributed by atoms with Crippen LogP contribution in [-0.4, -0.2) is 29.9 Å². The van der Waals surface area contributed by atoms with Crippen molar-refractivity contribution in [3.63, 3.8) is 0 Å². The van der Waals surface area contributed by atoms with E-state index in [-0.39, 0.29) is 11.7 Å². The van der Waals surface area contributed by atoms with Crippen molar-refractivity contribution in [1.29, 1.82) is 0 Å². The van der Waals surface area contributed by atoms with Gasteiger partial charge in [0.25, 0.3) is 0 Å². The van der Waals surface area contributed by atoms with Gasteiger partial charge in [-0.05, 0) is 24.5 Å². The Bertz CT molecular complexity index is 495. The van der Waals surface area contributed by atoms with Crippen molar-refractivity contribution in [2.24, 2.45) is 5.92 Å². The molecule has 1 aromatic carbocycles. The van der Waals surface area contributed by atoms with Crippen molar-refractivity contribution in [1.82, 2.24) is 10.2 Å². The summed E-state index contributed by atoms with van der Waals surface area (Å²) in [4.78, 5) is 13.2. The van der Waals surface area contributed by atoms with E-state index in [1.54, 1.807) is 13.0 Å². The molecule has 0 saturated carbocycles. The molecule has 0 radical (unpaired) electrons. The SMILES string of the molecule is CC(=O)N1CC[C@H](NCc2ccc(Br)cc2F)[C@H](C)C1. The Balaban J connectivity index is 1.90. The van der Waals surface area contributed by atoms with Gasteiger partial charge in [-0.2, -0.15) is 0 Å². The molecule has 0 aromatic heterocycles. The van der Waals surface area contributed by atoms with Crippen molar-refractivity contribution in [3.8, 4) is 0 Å². The number of benzene rings is 1. The number of piperidine rings is 1. The minimum atomic E-state index is -0.194. The lowest BCUT2D eigenvalue weighted by molar-refractivity contribution is -0.130. The molecule has 1 aliphatic rings. The highest BCUT2D eigenvalue weighted by Crippen LogP contribution is 2.19. The van der Waals surface area contributed by atoms with Crippen LogP contribution < -0.4 is 5.32 Å². The van der Waals surface area contributed by atoms with Crippen molar-refractivity contribution < 1.29 is 9.18 Å². The minimum Gasteiger partial charge on any atom is -0.343 e. The van der Waals surface area contributed by atoms with Crippen LogP contribution in [0.15, 0.2) is 22.7 Å². The van der Waals surface area contributed by atoms with Gasteiger partial charge in [-0.3, -0.25) is 4.79 Å². The van der Waals surface area contributed by atoms with Crippen LogP contribution in [-0.2, 0) is 11.3 Å². The molecule has 1 amide bonds. The van der Waals surface area contributed by atoms with Crippen LogP contribution in [0.3, 0.4) is 0 Å². The summed E-state index contributed by atoms with van der Waals surface area (Å²) in [5.74, 6) is 0.320. The fourth-order valence-corrected chi connectivity index (χ4v) is 2.97. The third-order valence-electron chi connectivity index (χ3n) is 3.92. The number of hydrogen-bond donors (Lipinski definition) is 1. The lowest BCUT2D eigenvalue weighted by Gasteiger charge is -2.37. The first-order valence-corrected chi connectivity index (χ1v) is 7.69. The van der Waals surface area contributed by atoms with Gasteiger partial charge in [0.05, 0.1) is 0 Å². The number of amides is 1. The molecule has 0 bridgehead atoms. The first-order valence-electron chi connectivity index (χ1n) is 6.90. The Hall–Kier alpha value is -0.940. The Morgan fingerprint density at radius 1 is 1.55 bits per heavy atom. The summed E-state index contributed by atoms with van der Waals surface area (Å²) in [5.41, 5.74) is 0.675. The molecule has 0 spiro atoms. The number of hydrogen-bond acceptors (Lipinski definition) is 2. The van der Waals surface area contributed by atoms with E-state index >= 15 is 0 Å². The standard InChI is InChI=1S/C15H20BrFN2O/c1-10-9-19(11(2)20)6-5-15(10)18-8-12-3-4-13(16)7-14(12)17/h3-4,7,10,15,18H,5-6,8-9H2,1-2H3/t10-,15+/m1/s1. The van der Waals surface area contributed by atoms with Crippen LogP contribution in [0, 0.1) is 11.7 Å².